The van der Waals surface area contributed by atoms with E-state index in [1.807, 2.05) is 18.3 Å². The molecule has 8 nitrogen and oxygen atoms in total. The lowest BCUT2D eigenvalue weighted by Crippen LogP contribution is -2.32. The van der Waals surface area contributed by atoms with Gasteiger partial charge in [-0.1, -0.05) is 0 Å². The number of nitrogens with two attached hydrogens (primary N) is 1. The van der Waals surface area contributed by atoms with Crippen molar-refractivity contribution in [1.82, 2.24) is 19.9 Å². The molecule has 2 aromatic heterocycles. The van der Waals surface area contributed by atoms with Gasteiger partial charge in [-0.25, -0.2) is 15.0 Å². The normalized spacial score (nSPS) is 21.4. The highest BCUT2D eigenvalue weighted by Crippen LogP contribution is 2.30. The molecule has 0 amide bonds. The number of hydrogen-bond acceptors (Lipinski definition) is 8. The molecule has 1 aliphatic heterocycles. The zero-order chi connectivity index (χ0) is 18.9. The van der Waals surface area contributed by atoms with Gasteiger partial charge in [0, 0.05) is 41.9 Å². The Hall–Kier alpha value is -3.00. The van der Waals surface area contributed by atoms with E-state index in [0.717, 1.165) is 48.0 Å². The Bertz CT molecular complexity index is 1000. The lowest BCUT2D eigenvalue weighted by Gasteiger charge is -2.29. The van der Waals surface area contributed by atoms with Gasteiger partial charge in [-0.15, -0.1) is 0 Å². The van der Waals surface area contributed by atoms with Crippen LogP contribution in [0.15, 0.2) is 30.7 Å². The molecule has 1 fully saturated rings. The van der Waals surface area contributed by atoms with Crippen molar-refractivity contribution in [3.05, 3.63) is 42.0 Å². The van der Waals surface area contributed by atoms with E-state index in [9.17, 15) is 0 Å². The third-order valence-corrected chi connectivity index (χ3v) is 5.31. The molecule has 2 aliphatic rings. The van der Waals surface area contributed by atoms with Gasteiger partial charge in [0.1, 0.15) is 11.3 Å². The van der Waals surface area contributed by atoms with Crippen LogP contribution in [-0.4, -0.2) is 32.1 Å². The number of nitrogens with one attached hydrogen (secondary N) is 1. The van der Waals surface area contributed by atoms with Crippen LogP contribution in [-0.2, 0) is 18.0 Å². The van der Waals surface area contributed by atoms with Crippen molar-refractivity contribution in [3.8, 4) is 5.75 Å². The van der Waals surface area contributed by atoms with Gasteiger partial charge < -0.3 is 20.5 Å². The van der Waals surface area contributed by atoms with E-state index in [1.165, 1.54) is 0 Å². The standard InChI is InChI=1S/C20H22N6O2/c21-13-7-16-19(23-6-5-22-16)18(8-13)28-15-3-1-14(2-4-15)25-20-24-9-12-10-27-11-17(12)26-20/h5-9,14-15H,1-4,10-11,21H2,(H,24,25,26). The molecule has 1 aromatic carbocycles. The average Bonchev–Trinajstić information content (AvgIpc) is 3.17. The molecular formula is C20H22N6O2. The second-order valence-electron chi connectivity index (χ2n) is 7.34. The summed E-state index contributed by atoms with van der Waals surface area (Å²) in [4.78, 5) is 17.7. The summed E-state index contributed by atoms with van der Waals surface area (Å²) in [5.74, 6) is 1.40. The summed E-state index contributed by atoms with van der Waals surface area (Å²) in [5, 5.41) is 3.46. The monoisotopic (exact) mass is 378 g/mol. The summed E-state index contributed by atoms with van der Waals surface area (Å²) in [7, 11) is 0. The van der Waals surface area contributed by atoms with Crippen LogP contribution < -0.4 is 15.8 Å². The van der Waals surface area contributed by atoms with Crippen molar-refractivity contribution in [2.45, 2.75) is 51.0 Å². The molecular weight excluding hydrogens is 356 g/mol. The summed E-state index contributed by atoms with van der Waals surface area (Å²) in [6.07, 6.45) is 9.22. The van der Waals surface area contributed by atoms with E-state index in [2.05, 4.69) is 25.3 Å². The quantitative estimate of drug-likeness (QED) is 0.667. The SMILES string of the molecule is Nc1cc(OC2CCC(Nc3ncc4c(n3)COC4)CC2)c2nccnc2c1. The number of ether oxygens (including phenoxy) is 2. The Kier molecular flexibility index (Phi) is 4.40. The molecule has 3 N–H and O–H groups in total. The lowest BCUT2D eigenvalue weighted by molar-refractivity contribution is 0.133. The van der Waals surface area contributed by atoms with Gasteiger partial charge in [-0.3, -0.25) is 4.98 Å². The van der Waals surface area contributed by atoms with E-state index in [0.29, 0.717) is 36.6 Å². The fraction of sp³-hybridized carbons (Fsp3) is 0.400. The van der Waals surface area contributed by atoms with Gasteiger partial charge in [-0.2, -0.15) is 0 Å². The predicted octanol–water partition coefficient (Wildman–Crippen LogP) is 2.83. The maximum atomic E-state index is 6.25. The fourth-order valence-electron chi connectivity index (χ4n) is 3.86. The van der Waals surface area contributed by atoms with Crippen LogP contribution in [0.4, 0.5) is 11.6 Å². The molecule has 3 heterocycles. The Morgan fingerprint density at radius 3 is 2.79 bits per heavy atom. The Morgan fingerprint density at radius 1 is 1.04 bits per heavy atom. The van der Waals surface area contributed by atoms with Gasteiger partial charge >= 0.3 is 0 Å². The first-order valence-corrected chi connectivity index (χ1v) is 9.60. The number of benzene rings is 1. The number of nitrogens with zero attached hydrogens (tertiary/aromatic N) is 4. The first kappa shape index (κ1) is 17.1. The summed E-state index contributed by atoms with van der Waals surface area (Å²) in [6, 6.07) is 4.00. The van der Waals surface area contributed by atoms with E-state index in [4.69, 9.17) is 15.2 Å². The molecule has 0 atom stereocenters. The fourth-order valence-corrected chi connectivity index (χ4v) is 3.86. The van der Waals surface area contributed by atoms with Crippen molar-refractivity contribution in [3.63, 3.8) is 0 Å². The van der Waals surface area contributed by atoms with Gasteiger partial charge in [0.15, 0.2) is 0 Å². The van der Waals surface area contributed by atoms with Crippen LogP contribution in [0.25, 0.3) is 11.0 Å². The van der Waals surface area contributed by atoms with Gasteiger partial charge in [0.2, 0.25) is 5.95 Å². The Balaban J connectivity index is 1.22. The highest BCUT2D eigenvalue weighted by molar-refractivity contribution is 5.84. The number of rotatable bonds is 4. The molecule has 5 rings (SSSR count). The minimum absolute atomic E-state index is 0.138. The molecule has 0 unspecified atom stereocenters. The molecule has 0 saturated heterocycles. The van der Waals surface area contributed by atoms with Gasteiger partial charge in [0.25, 0.3) is 0 Å². The summed E-state index contributed by atoms with van der Waals surface area (Å²) >= 11 is 0. The summed E-state index contributed by atoms with van der Waals surface area (Å²) < 4.78 is 11.7. The zero-order valence-electron chi connectivity index (χ0n) is 15.5. The molecule has 1 saturated carbocycles. The molecule has 28 heavy (non-hydrogen) atoms. The second-order valence-corrected chi connectivity index (χ2v) is 7.34. The highest BCUT2D eigenvalue weighted by Gasteiger charge is 2.24. The van der Waals surface area contributed by atoms with Crippen molar-refractivity contribution < 1.29 is 9.47 Å². The number of hydrogen-bond donors (Lipinski definition) is 2. The van der Waals surface area contributed by atoms with Gasteiger partial charge in [0.05, 0.1) is 30.5 Å². The smallest absolute Gasteiger partial charge is 0.223 e. The van der Waals surface area contributed by atoms with Crippen molar-refractivity contribution in [2.75, 3.05) is 11.1 Å². The van der Waals surface area contributed by atoms with Crippen LogP contribution in [0, 0.1) is 0 Å². The maximum Gasteiger partial charge on any atom is 0.223 e. The molecule has 0 spiro atoms. The predicted molar refractivity (Wildman–Crippen MR) is 105 cm³/mol. The van der Waals surface area contributed by atoms with Crippen LogP contribution >= 0.6 is 0 Å². The topological polar surface area (TPSA) is 108 Å². The van der Waals surface area contributed by atoms with Crippen molar-refractivity contribution in [2.24, 2.45) is 0 Å². The molecule has 144 valence electrons. The first-order valence-electron chi connectivity index (χ1n) is 9.60. The maximum absolute atomic E-state index is 6.25. The van der Waals surface area contributed by atoms with E-state index < -0.39 is 0 Å². The largest absolute Gasteiger partial charge is 0.488 e. The summed E-state index contributed by atoms with van der Waals surface area (Å²) in [5.41, 5.74) is 10.2. The first-order chi connectivity index (χ1) is 13.7. The Morgan fingerprint density at radius 2 is 1.89 bits per heavy atom. The van der Waals surface area contributed by atoms with E-state index >= 15 is 0 Å². The third kappa shape index (κ3) is 3.43. The van der Waals surface area contributed by atoms with Gasteiger partial charge in [-0.05, 0) is 31.7 Å². The van der Waals surface area contributed by atoms with Crippen LogP contribution in [0.3, 0.4) is 0 Å². The Labute approximate surface area is 162 Å². The van der Waals surface area contributed by atoms with Crippen LogP contribution in [0.1, 0.15) is 36.9 Å². The molecule has 0 bridgehead atoms. The second kappa shape index (κ2) is 7.20. The van der Waals surface area contributed by atoms with E-state index in [1.54, 1.807) is 12.4 Å². The molecule has 1 aliphatic carbocycles. The number of fused-ring (bicyclic) bond motifs is 2. The van der Waals surface area contributed by atoms with Crippen LogP contribution in [0.5, 0.6) is 5.75 Å². The lowest BCUT2D eigenvalue weighted by atomic mass is 9.93. The van der Waals surface area contributed by atoms with Crippen molar-refractivity contribution >= 4 is 22.7 Å². The third-order valence-electron chi connectivity index (χ3n) is 5.31. The average molecular weight is 378 g/mol. The van der Waals surface area contributed by atoms with Crippen molar-refractivity contribution in [1.29, 1.82) is 0 Å². The minimum Gasteiger partial charge on any atom is -0.488 e. The molecule has 3 aromatic rings. The van der Waals surface area contributed by atoms with Crippen LogP contribution in [0.2, 0.25) is 0 Å². The number of anilines is 2. The number of aromatic nitrogens is 4. The molecule has 0 radical (unpaired) electrons. The minimum atomic E-state index is 0.138. The highest BCUT2D eigenvalue weighted by atomic mass is 16.5. The summed E-state index contributed by atoms with van der Waals surface area (Å²) in [6.45, 7) is 1.19. The number of nitrogen functional groups attached to an aromatic ring is 1. The zero-order valence-corrected chi connectivity index (χ0v) is 15.5. The molecule has 8 heteroatoms. The van der Waals surface area contributed by atoms with E-state index in [-0.39, 0.29) is 6.10 Å².